The predicted octanol–water partition coefficient (Wildman–Crippen LogP) is 0.803. The van der Waals surface area contributed by atoms with E-state index in [9.17, 15) is 5.11 Å². The van der Waals surface area contributed by atoms with Crippen LogP contribution in [-0.2, 0) is 6.54 Å². The van der Waals surface area contributed by atoms with Gasteiger partial charge in [-0.2, -0.15) is 0 Å². The van der Waals surface area contributed by atoms with Crippen molar-refractivity contribution in [3.05, 3.63) is 18.2 Å². The Labute approximate surface area is 83.8 Å². The quantitative estimate of drug-likeness (QED) is 0.668. The number of hydrogen-bond donors (Lipinski definition) is 3. The summed E-state index contributed by atoms with van der Waals surface area (Å²) in [5, 5.41) is 13.0. The average molecular weight is 195 g/mol. The van der Waals surface area contributed by atoms with Gasteiger partial charge in [0.1, 0.15) is 5.82 Å². The molecule has 1 heterocycles. The highest BCUT2D eigenvalue weighted by Crippen LogP contribution is 2.18. The molecular weight excluding hydrogens is 178 g/mol. The molecule has 0 aromatic carbocycles. The van der Waals surface area contributed by atoms with Crippen LogP contribution in [0.4, 0.5) is 0 Å². The van der Waals surface area contributed by atoms with Gasteiger partial charge in [0, 0.05) is 18.4 Å². The van der Waals surface area contributed by atoms with Gasteiger partial charge in [-0.15, -0.1) is 0 Å². The number of aromatic amines is 1. The summed E-state index contributed by atoms with van der Waals surface area (Å²) in [6.07, 6.45) is 7.74. The molecule has 1 fully saturated rings. The van der Waals surface area contributed by atoms with Crippen LogP contribution in [0.2, 0.25) is 0 Å². The lowest BCUT2D eigenvalue weighted by molar-refractivity contribution is 0.0899. The highest BCUT2D eigenvalue weighted by molar-refractivity contribution is 4.88. The summed E-state index contributed by atoms with van der Waals surface area (Å²) in [5.74, 6) is 0.933. The smallest absolute Gasteiger partial charge is 0.120 e. The van der Waals surface area contributed by atoms with Crippen LogP contribution in [0.15, 0.2) is 12.4 Å². The number of hydrogen-bond acceptors (Lipinski definition) is 3. The monoisotopic (exact) mass is 195 g/mol. The zero-order chi connectivity index (χ0) is 9.80. The fourth-order valence-corrected chi connectivity index (χ4v) is 1.97. The molecule has 2 atom stereocenters. The van der Waals surface area contributed by atoms with Crippen molar-refractivity contribution in [2.75, 3.05) is 0 Å². The zero-order valence-electron chi connectivity index (χ0n) is 8.24. The number of aromatic nitrogens is 2. The molecule has 1 aliphatic carbocycles. The highest BCUT2D eigenvalue weighted by atomic mass is 16.3. The maximum atomic E-state index is 9.70. The molecule has 78 valence electrons. The lowest BCUT2D eigenvalue weighted by Gasteiger charge is -2.28. The van der Waals surface area contributed by atoms with Crippen molar-refractivity contribution in [1.29, 1.82) is 0 Å². The van der Waals surface area contributed by atoms with E-state index in [0.29, 0.717) is 6.54 Å². The molecule has 0 bridgehead atoms. The minimum Gasteiger partial charge on any atom is -0.392 e. The van der Waals surface area contributed by atoms with E-state index < -0.39 is 0 Å². The first kappa shape index (κ1) is 9.68. The maximum absolute atomic E-state index is 9.70. The number of rotatable bonds is 3. The van der Waals surface area contributed by atoms with E-state index in [1.54, 1.807) is 6.20 Å². The largest absolute Gasteiger partial charge is 0.392 e. The van der Waals surface area contributed by atoms with Crippen LogP contribution in [0, 0.1) is 0 Å². The van der Waals surface area contributed by atoms with Gasteiger partial charge in [0.2, 0.25) is 0 Å². The standard InChI is InChI=1S/C10H17N3O/c14-9-4-2-1-3-8(9)13-7-10-11-5-6-12-10/h5-6,8-9,13-14H,1-4,7H2,(H,11,12)/t8-,9+/m0/s1. The van der Waals surface area contributed by atoms with Crippen molar-refractivity contribution >= 4 is 0 Å². The van der Waals surface area contributed by atoms with E-state index in [-0.39, 0.29) is 12.1 Å². The Morgan fingerprint density at radius 3 is 3.07 bits per heavy atom. The molecule has 1 saturated carbocycles. The molecule has 0 radical (unpaired) electrons. The number of H-pyrrole nitrogens is 1. The minimum absolute atomic E-state index is 0.182. The number of imidazole rings is 1. The van der Waals surface area contributed by atoms with Crippen molar-refractivity contribution in [1.82, 2.24) is 15.3 Å². The molecule has 14 heavy (non-hydrogen) atoms. The molecule has 0 saturated heterocycles. The topological polar surface area (TPSA) is 60.9 Å². The summed E-state index contributed by atoms with van der Waals surface area (Å²) in [6, 6.07) is 0.244. The van der Waals surface area contributed by atoms with Crippen LogP contribution in [-0.4, -0.2) is 27.2 Å². The van der Waals surface area contributed by atoms with Crippen LogP contribution in [0.1, 0.15) is 31.5 Å². The summed E-state index contributed by atoms with van der Waals surface area (Å²) >= 11 is 0. The normalized spacial score (nSPS) is 27.8. The molecule has 0 amide bonds. The Morgan fingerprint density at radius 2 is 2.36 bits per heavy atom. The SMILES string of the molecule is O[C@@H]1CCCC[C@@H]1NCc1ncc[nH]1. The van der Waals surface area contributed by atoms with Gasteiger partial charge in [-0.1, -0.05) is 12.8 Å². The van der Waals surface area contributed by atoms with Gasteiger partial charge in [-0.05, 0) is 12.8 Å². The first-order chi connectivity index (χ1) is 6.86. The summed E-state index contributed by atoms with van der Waals surface area (Å²) in [5.41, 5.74) is 0. The van der Waals surface area contributed by atoms with Gasteiger partial charge in [-0.3, -0.25) is 0 Å². The van der Waals surface area contributed by atoms with Crippen molar-refractivity contribution in [3.63, 3.8) is 0 Å². The number of nitrogens with zero attached hydrogens (tertiary/aromatic N) is 1. The van der Waals surface area contributed by atoms with E-state index >= 15 is 0 Å². The Kier molecular flexibility index (Phi) is 3.16. The van der Waals surface area contributed by atoms with E-state index in [2.05, 4.69) is 15.3 Å². The first-order valence-corrected chi connectivity index (χ1v) is 5.26. The van der Waals surface area contributed by atoms with Crippen LogP contribution in [0.5, 0.6) is 0 Å². The van der Waals surface area contributed by atoms with Gasteiger partial charge in [-0.25, -0.2) is 4.98 Å². The zero-order valence-corrected chi connectivity index (χ0v) is 8.24. The maximum Gasteiger partial charge on any atom is 0.120 e. The Hall–Kier alpha value is -0.870. The Bertz CT molecular complexity index is 260. The van der Waals surface area contributed by atoms with Crippen LogP contribution >= 0.6 is 0 Å². The molecule has 1 aromatic heterocycles. The molecular formula is C10H17N3O. The lowest BCUT2D eigenvalue weighted by atomic mass is 9.93. The molecule has 1 aliphatic rings. The fourth-order valence-electron chi connectivity index (χ4n) is 1.97. The van der Waals surface area contributed by atoms with Gasteiger partial charge in [0.05, 0.1) is 12.6 Å². The van der Waals surface area contributed by atoms with Crippen LogP contribution < -0.4 is 5.32 Å². The molecule has 4 nitrogen and oxygen atoms in total. The van der Waals surface area contributed by atoms with Crippen LogP contribution in [0.25, 0.3) is 0 Å². The van der Waals surface area contributed by atoms with Crippen LogP contribution in [0.3, 0.4) is 0 Å². The van der Waals surface area contributed by atoms with Crippen molar-refractivity contribution in [2.45, 2.75) is 44.4 Å². The predicted molar refractivity (Wildman–Crippen MR) is 53.7 cm³/mol. The first-order valence-electron chi connectivity index (χ1n) is 5.26. The third-order valence-electron chi connectivity index (χ3n) is 2.82. The van der Waals surface area contributed by atoms with Crippen molar-refractivity contribution in [3.8, 4) is 0 Å². The Balaban J connectivity index is 1.79. The number of aliphatic hydroxyl groups excluding tert-OH is 1. The summed E-state index contributed by atoms with van der Waals surface area (Å²) in [7, 11) is 0. The van der Waals surface area contributed by atoms with Crippen molar-refractivity contribution < 1.29 is 5.11 Å². The highest BCUT2D eigenvalue weighted by Gasteiger charge is 2.22. The average Bonchev–Trinajstić information content (AvgIpc) is 2.69. The summed E-state index contributed by atoms with van der Waals surface area (Å²) in [6.45, 7) is 0.717. The second-order valence-corrected chi connectivity index (χ2v) is 3.88. The number of aliphatic hydroxyl groups is 1. The summed E-state index contributed by atoms with van der Waals surface area (Å²) < 4.78 is 0. The second kappa shape index (κ2) is 4.57. The van der Waals surface area contributed by atoms with E-state index in [0.717, 1.165) is 25.1 Å². The molecule has 0 aliphatic heterocycles. The fraction of sp³-hybridized carbons (Fsp3) is 0.700. The van der Waals surface area contributed by atoms with Gasteiger partial charge < -0.3 is 15.4 Å². The summed E-state index contributed by atoms with van der Waals surface area (Å²) in [4.78, 5) is 7.16. The molecule has 1 aromatic rings. The van der Waals surface area contributed by atoms with Gasteiger partial charge in [0.25, 0.3) is 0 Å². The molecule has 2 rings (SSSR count). The van der Waals surface area contributed by atoms with E-state index in [1.807, 2.05) is 6.20 Å². The molecule has 4 heteroatoms. The third-order valence-corrected chi connectivity index (χ3v) is 2.82. The second-order valence-electron chi connectivity index (χ2n) is 3.88. The Morgan fingerprint density at radius 1 is 1.50 bits per heavy atom. The van der Waals surface area contributed by atoms with E-state index in [4.69, 9.17) is 0 Å². The van der Waals surface area contributed by atoms with Gasteiger partial charge >= 0.3 is 0 Å². The number of nitrogens with one attached hydrogen (secondary N) is 2. The molecule has 0 unspecified atom stereocenters. The lowest BCUT2D eigenvalue weighted by Crippen LogP contribution is -2.41. The van der Waals surface area contributed by atoms with Gasteiger partial charge in [0.15, 0.2) is 0 Å². The molecule has 0 spiro atoms. The third kappa shape index (κ3) is 2.33. The minimum atomic E-state index is -0.182. The molecule has 3 N–H and O–H groups in total. The van der Waals surface area contributed by atoms with E-state index in [1.165, 1.54) is 6.42 Å². The van der Waals surface area contributed by atoms with Crippen molar-refractivity contribution in [2.24, 2.45) is 0 Å².